The van der Waals surface area contributed by atoms with E-state index in [1.165, 1.54) is 43.8 Å². The number of carbonyl (C=O) groups excluding carboxylic acids is 1. The Morgan fingerprint density at radius 1 is 1.24 bits per heavy atom. The molecule has 0 atom stereocenters. The number of rotatable bonds is 3. The minimum Gasteiger partial charge on any atom is -0.465 e. The molecule has 0 N–H and O–H groups in total. The molecule has 0 spiro atoms. The summed E-state index contributed by atoms with van der Waals surface area (Å²) in [6, 6.07) is 7.75. The zero-order valence-corrected chi connectivity index (χ0v) is 13.0. The topological polar surface area (TPSA) is 120 Å². The standard InChI is InChI=1S/C16H11N5O4/c1-25-15(23)11-5-3-8-19-13(11)21-14(22)10-4-2-7-18-12(10)20(9-6-17)16(21)24/h2-5,7-8H,9H2,1H3. The van der Waals surface area contributed by atoms with E-state index in [2.05, 4.69) is 14.7 Å². The molecule has 3 rings (SSSR count). The van der Waals surface area contributed by atoms with E-state index >= 15 is 0 Å². The highest BCUT2D eigenvalue weighted by atomic mass is 16.5. The minimum absolute atomic E-state index is 0.0454. The molecule has 0 aliphatic heterocycles. The van der Waals surface area contributed by atoms with Gasteiger partial charge < -0.3 is 4.74 Å². The zero-order valence-electron chi connectivity index (χ0n) is 13.0. The van der Waals surface area contributed by atoms with Crippen LogP contribution in [0.1, 0.15) is 10.4 Å². The molecule has 0 bridgehead atoms. The predicted molar refractivity (Wildman–Crippen MR) is 86.3 cm³/mol. The van der Waals surface area contributed by atoms with Crippen LogP contribution in [0.25, 0.3) is 16.9 Å². The van der Waals surface area contributed by atoms with Gasteiger partial charge in [0.15, 0.2) is 5.82 Å². The molecule has 0 saturated heterocycles. The number of ether oxygens (including phenoxy) is 1. The van der Waals surface area contributed by atoms with Crippen molar-refractivity contribution in [3.8, 4) is 11.9 Å². The van der Waals surface area contributed by atoms with Crippen LogP contribution in [-0.2, 0) is 11.3 Å². The maximum Gasteiger partial charge on any atom is 0.341 e. The van der Waals surface area contributed by atoms with Gasteiger partial charge in [-0.05, 0) is 24.3 Å². The van der Waals surface area contributed by atoms with Crippen molar-refractivity contribution in [2.75, 3.05) is 7.11 Å². The molecule has 3 heterocycles. The third-order valence-electron chi connectivity index (χ3n) is 3.53. The largest absolute Gasteiger partial charge is 0.465 e. The molecule has 0 amide bonds. The van der Waals surface area contributed by atoms with Gasteiger partial charge in [-0.3, -0.25) is 9.36 Å². The Labute approximate surface area is 140 Å². The number of pyridine rings is 2. The second-order valence-electron chi connectivity index (χ2n) is 4.91. The number of methoxy groups -OCH3 is 1. The van der Waals surface area contributed by atoms with Gasteiger partial charge in [0.05, 0.1) is 18.6 Å². The van der Waals surface area contributed by atoms with Crippen LogP contribution in [0.2, 0.25) is 0 Å². The number of hydrogen-bond donors (Lipinski definition) is 0. The lowest BCUT2D eigenvalue weighted by Gasteiger charge is -2.12. The van der Waals surface area contributed by atoms with Crippen LogP contribution in [0.5, 0.6) is 0 Å². The SMILES string of the molecule is COC(=O)c1cccnc1-n1c(=O)c2cccnc2n(CC#N)c1=O. The van der Waals surface area contributed by atoms with E-state index < -0.39 is 17.2 Å². The highest BCUT2D eigenvalue weighted by Crippen LogP contribution is 2.11. The Morgan fingerprint density at radius 3 is 2.68 bits per heavy atom. The second-order valence-corrected chi connectivity index (χ2v) is 4.91. The molecule has 0 unspecified atom stereocenters. The van der Waals surface area contributed by atoms with Gasteiger partial charge in [-0.25, -0.2) is 24.1 Å². The van der Waals surface area contributed by atoms with E-state index in [4.69, 9.17) is 5.26 Å². The quantitative estimate of drug-likeness (QED) is 0.628. The van der Waals surface area contributed by atoms with Gasteiger partial charge in [-0.2, -0.15) is 5.26 Å². The first kappa shape index (κ1) is 16.1. The van der Waals surface area contributed by atoms with Crippen molar-refractivity contribution in [2.45, 2.75) is 6.54 Å². The molecular weight excluding hydrogens is 326 g/mol. The number of esters is 1. The number of fused-ring (bicyclic) bond motifs is 1. The monoisotopic (exact) mass is 337 g/mol. The van der Waals surface area contributed by atoms with E-state index in [0.717, 1.165) is 9.13 Å². The summed E-state index contributed by atoms with van der Waals surface area (Å²) in [7, 11) is 1.18. The van der Waals surface area contributed by atoms with Crippen molar-refractivity contribution in [3.05, 3.63) is 63.1 Å². The maximum atomic E-state index is 12.8. The van der Waals surface area contributed by atoms with Crippen molar-refractivity contribution in [2.24, 2.45) is 0 Å². The summed E-state index contributed by atoms with van der Waals surface area (Å²) in [5.74, 6) is -0.908. The number of nitrogens with zero attached hydrogens (tertiary/aromatic N) is 5. The Bertz CT molecular complexity index is 1140. The lowest BCUT2D eigenvalue weighted by atomic mass is 10.2. The predicted octanol–water partition coefficient (Wildman–Crippen LogP) is 0.253. The molecule has 3 aromatic heterocycles. The van der Waals surface area contributed by atoms with Crippen molar-refractivity contribution < 1.29 is 9.53 Å². The summed E-state index contributed by atoms with van der Waals surface area (Å²) in [5, 5.41) is 9.12. The van der Waals surface area contributed by atoms with Crippen molar-refractivity contribution in [1.29, 1.82) is 5.26 Å². The first-order chi connectivity index (χ1) is 12.1. The third-order valence-corrected chi connectivity index (χ3v) is 3.53. The average Bonchev–Trinajstić information content (AvgIpc) is 2.65. The van der Waals surface area contributed by atoms with E-state index in [1.54, 1.807) is 0 Å². The molecule has 0 radical (unpaired) electrons. The summed E-state index contributed by atoms with van der Waals surface area (Å²) in [6.07, 6.45) is 2.76. The first-order valence-electron chi connectivity index (χ1n) is 7.11. The van der Waals surface area contributed by atoms with Crippen LogP contribution < -0.4 is 11.2 Å². The van der Waals surface area contributed by atoms with E-state index in [-0.39, 0.29) is 29.0 Å². The van der Waals surface area contributed by atoms with Gasteiger partial charge in [0.25, 0.3) is 5.56 Å². The van der Waals surface area contributed by atoms with E-state index in [0.29, 0.717) is 0 Å². The van der Waals surface area contributed by atoms with Crippen LogP contribution >= 0.6 is 0 Å². The summed E-state index contributed by atoms with van der Waals surface area (Å²) in [6.45, 7) is -0.312. The number of aromatic nitrogens is 4. The third kappa shape index (κ3) is 2.55. The van der Waals surface area contributed by atoms with Gasteiger partial charge in [0.2, 0.25) is 0 Å². The van der Waals surface area contributed by atoms with Gasteiger partial charge in [0.1, 0.15) is 17.8 Å². The maximum absolute atomic E-state index is 12.8. The highest BCUT2D eigenvalue weighted by Gasteiger charge is 2.21. The normalized spacial score (nSPS) is 10.4. The fourth-order valence-electron chi connectivity index (χ4n) is 2.44. The Kier molecular flexibility index (Phi) is 4.09. The van der Waals surface area contributed by atoms with Crippen molar-refractivity contribution in [1.82, 2.24) is 19.1 Å². The van der Waals surface area contributed by atoms with Crippen LogP contribution in [0.15, 0.2) is 46.2 Å². The Morgan fingerprint density at radius 2 is 1.96 bits per heavy atom. The Hall–Kier alpha value is -3.80. The second kappa shape index (κ2) is 6.37. The van der Waals surface area contributed by atoms with Crippen LogP contribution in [-0.4, -0.2) is 32.2 Å². The molecule has 9 nitrogen and oxygen atoms in total. The molecular formula is C16H11N5O4. The molecule has 0 aliphatic carbocycles. The van der Waals surface area contributed by atoms with Crippen molar-refractivity contribution in [3.63, 3.8) is 0 Å². The smallest absolute Gasteiger partial charge is 0.341 e. The molecule has 25 heavy (non-hydrogen) atoms. The highest BCUT2D eigenvalue weighted by molar-refractivity contribution is 5.92. The molecule has 124 valence electrons. The molecule has 0 saturated carbocycles. The van der Waals surface area contributed by atoms with Crippen LogP contribution in [0, 0.1) is 11.3 Å². The number of nitriles is 1. The average molecular weight is 337 g/mol. The summed E-state index contributed by atoms with van der Waals surface area (Å²) in [4.78, 5) is 45.6. The molecule has 0 aromatic carbocycles. The molecule has 3 aromatic rings. The van der Waals surface area contributed by atoms with Gasteiger partial charge in [-0.1, -0.05) is 0 Å². The minimum atomic E-state index is -0.818. The fourth-order valence-corrected chi connectivity index (χ4v) is 2.44. The lowest BCUT2D eigenvalue weighted by molar-refractivity contribution is 0.0600. The zero-order chi connectivity index (χ0) is 18.0. The fraction of sp³-hybridized carbons (Fsp3) is 0.125. The van der Waals surface area contributed by atoms with E-state index in [9.17, 15) is 14.4 Å². The van der Waals surface area contributed by atoms with Crippen LogP contribution in [0.3, 0.4) is 0 Å². The van der Waals surface area contributed by atoms with Gasteiger partial charge in [-0.15, -0.1) is 0 Å². The summed E-state index contributed by atoms with van der Waals surface area (Å²) >= 11 is 0. The number of carbonyl (C=O) groups is 1. The van der Waals surface area contributed by atoms with Gasteiger partial charge >= 0.3 is 11.7 Å². The molecule has 9 heteroatoms. The van der Waals surface area contributed by atoms with Crippen LogP contribution in [0.4, 0.5) is 0 Å². The number of hydrogen-bond acceptors (Lipinski definition) is 7. The molecule has 0 aliphatic rings. The lowest BCUT2D eigenvalue weighted by Crippen LogP contribution is -2.40. The van der Waals surface area contributed by atoms with Crippen molar-refractivity contribution >= 4 is 17.0 Å². The Balaban J connectivity index is 2.48. The first-order valence-corrected chi connectivity index (χ1v) is 7.11. The summed E-state index contributed by atoms with van der Waals surface area (Å²) in [5.41, 5.74) is -1.46. The van der Waals surface area contributed by atoms with Gasteiger partial charge in [0, 0.05) is 12.4 Å². The molecule has 0 fully saturated rings. The summed E-state index contributed by atoms with van der Waals surface area (Å²) < 4.78 is 6.47. The van der Waals surface area contributed by atoms with E-state index in [1.807, 2.05) is 6.07 Å².